The summed E-state index contributed by atoms with van der Waals surface area (Å²) in [4.78, 5) is 5.43. The van der Waals surface area contributed by atoms with Gasteiger partial charge in [-0.2, -0.15) is 10.5 Å². The van der Waals surface area contributed by atoms with Crippen LogP contribution in [0.3, 0.4) is 0 Å². The zero-order valence-electron chi connectivity index (χ0n) is 25.5. The van der Waals surface area contributed by atoms with Gasteiger partial charge in [-0.1, -0.05) is 66.7 Å². The van der Waals surface area contributed by atoms with Crippen LogP contribution in [0.1, 0.15) is 11.1 Å². The Bertz CT molecular complexity index is 2930. The molecule has 0 aliphatic carbocycles. The molecule has 0 saturated carbocycles. The van der Waals surface area contributed by atoms with E-state index in [2.05, 4.69) is 118 Å². The molecule has 0 spiro atoms. The van der Waals surface area contributed by atoms with Crippen LogP contribution in [0.5, 0.6) is 0 Å². The highest BCUT2D eigenvalue weighted by Crippen LogP contribution is 2.43. The third-order valence-electron chi connectivity index (χ3n) is 9.69. The van der Waals surface area contributed by atoms with Gasteiger partial charge in [-0.05, 0) is 94.3 Å². The Morgan fingerprint density at radius 3 is 1.69 bits per heavy atom. The smallest absolute Gasteiger partial charge is 0.145 e. The van der Waals surface area contributed by atoms with Crippen LogP contribution in [0, 0.1) is 22.7 Å². The molecular formula is C43H23N5. The largest absolute Gasteiger partial charge is 0.309 e. The number of nitrogens with zero attached hydrogens (tertiary/aromatic N) is 5. The molecule has 8 aromatic carbocycles. The lowest BCUT2D eigenvalue weighted by Gasteiger charge is -2.15. The second-order valence-electron chi connectivity index (χ2n) is 12.2. The number of hydrogen-bond acceptors (Lipinski definition) is 3. The Morgan fingerprint density at radius 1 is 0.479 bits per heavy atom. The molecule has 48 heavy (non-hydrogen) atoms. The molecule has 0 N–H and O–H groups in total. The van der Waals surface area contributed by atoms with Crippen molar-refractivity contribution in [2.45, 2.75) is 0 Å². The minimum Gasteiger partial charge on any atom is -0.309 e. The molecule has 0 amide bonds. The van der Waals surface area contributed by atoms with Crippen molar-refractivity contribution in [1.82, 2.24) is 14.1 Å². The normalized spacial score (nSPS) is 11.7. The predicted molar refractivity (Wildman–Crippen MR) is 194 cm³/mol. The van der Waals surface area contributed by atoms with E-state index in [0.29, 0.717) is 11.1 Å². The standard InChI is InChI=1S/C43H23N5/c44-24-26-12-20-37-35(22-26)36-23-27(25-45)13-21-38(36)47(37)32-18-16-30(17-19-32)43-46-41-33-10-4-6-28-14-15-29-7-5-11-34(40(29)39(28)33)42(41)48(43)31-8-2-1-3-9-31/h1-23H. The predicted octanol–water partition coefficient (Wildman–Crippen LogP) is 10.4. The topological polar surface area (TPSA) is 70.3 Å². The van der Waals surface area contributed by atoms with E-state index in [0.717, 1.165) is 61.0 Å². The van der Waals surface area contributed by atoms with Gasteiger partial charge in [-0.3, -0.25) is 4.57 Å². The van der Waals surface area contributed by atoms with E-state index in [4.69, 9.17) is 4.98 Å². The average molecular weight is 610 g/mol. The third-order valence-corrected chi connectivity index (χ3v) is 9.69. The van der Waals surface area contributed by atoms with Gasteiger partial charge in [0.05, 0.1) is 45.3 Å². The highest BCUT2D eigenvalue weighted by Gasteiger charge is 2.22. The molecule has 2 aromatic heterocycles. The fourth-order valence-corrected chi connectivity index (χ4v) is 7.63. The maximum atomic E-state index is 9.62. The number of hydrogen-bond donors (Lipinski definition) is 0. The molecule has 0 bridgehead atoms. The minimum atomic E-state index is 0.588. The van der Waals surface area contributed by atoms with Crippen LogP contribution in [0.2, 0.25) is 0 Å². The zero-order valence-corrected chi connectivity index (χ0v) is 25.5. The maximum Gasteiger partial charge on any atom is 0.145 e. The molecule has 5 nitrogen and oxygen atoms in total. The van der Waals surface area contributed by atoms with E-state index in [-0.39, 0.29) is 0 Å². The third kappa shape index (κ3) is 3.56. The molecule has 220 valence electrons. The molecule has 0 atom stereocenters. The van der Waals surface area contributed by atoms with Crippen LogP contribution in [-0.2, 0) is 0 Å². The van der Waals surface area contributed by atoms with Crippen LogP contribution in [0.25, 0.3) is 87.9 Å². The van der Waals surface area contributed by atoms with E-state index in [1.54, 1.807) is 0 Å². The Labute approximate surface area is 274 Å². The van der Waals surface area contributed by atoms with Crippen molar-refractivity contribution in [2.24, 2.45) is 0 Å². The first-order valence-electron chi connectivity index (χ1n) is 15.8. The van der Waals surface area contributed by atoms with Crippen LogP contribution in [0.15, 0.2) is 140 Å². The van der Waals surface area contributed by atoms with Gasteiger partial charge in [0.2, 0.25) is 0 Å². The lowest BCUT2D eigenvalue weighted by atomic mass is 9.93. The highest BCUT2D eigenvalue weighted by atomic mass is 15.1. The van der Waals surface area contributed by atoms with Crippen LogP contribution >= 0.6 is 0 Å². The van der Waals surface area contributed by atoms with Crippen molar-refractivity contribution in [3.05, 3.63) is 151 Å². The number of imidazole rings is 1. The summed E-state index contributed by atoms with van der Waals surface area (Å²) >= 11 is 0. The lowest BCUT2D eigenvalue weighted by molar-refractivity contribution is 1.10. The number of aromatic nitrogens is 3. The van der Waals surface area contributed by atoms with Crippen LogP contribution < -0.4 is 0 Å². The monoisotopic (exact) mass is 609 g/mol. The van der Waals surface area contributed by atoms with E-state index in [1.807, 2.05) is 42.5 Å². The van der Waals surface area contributed by atoms with E-state index in [9.17, 15) is 10.5 Å². The van der Waals surface area contributed by atoms with E-state index in [1.165, 1.54) is 26.9 Å². The Hall–Kier alpha value is -6.95. The van der Waals surface area contributed by atoms with Gasteiger partial charge in [0.1, 0.15) is 5.82 Å². The Morgan fingerprint density at radius 2 is 1.06 bits per heavy atom. The molecule has 5 heteroatoms. The average Bonchev–Trinajstić information content (AvgIpc) is 3.71. The van der Waals surface area contributed by atoms with Crippen molar-refractivity contribution in [1.29, 1.82) is 10.5 Å². The van der Waals surface area contributed by atoms with Crippen molar-refractivity contribution in [3.63, 3.8) is 0 Å². The van der Waals surface area contributed by atoms with Crippen molar-refractivity contribution in [3.8, 4) is 34.9 Å². The van der Waals surface area contributed by atoms with E-state index >= 15 is 0 Å². The van der Waals surface area contributed by atoms with Crippen molar-refractivity contribution in [2.75, 3.05) is 0 Å². The number of para-hydroxylation sites is 1. The van der Waals surface area contributed by atoms with Gasteiger partial charge < -0.3 is 4.57 Å². The minimum absolute atomic E-state index is 0.588. The SMILES string of the molecule is N#Cc1ccc2c(c1)c1cc(C#N)ccc1n2-c1ccc(-c2nc3c4cccc5ccc6cccc(c6c54)c3n2-c2ccccc2)cc1. The Balaban J connectivity index is 1.25. The zero-order chi connectivity index (χ0) is 31.9. The molecule has 0 radical (unpaired) electrons. The summed E-state index contributed by atoms with van der Waals surface area (Å²) < 4.78 is 4.50. The molecule has 0 aliphatic rings. The lowest BCUT2D eigenvalue weighted by Crippen LogP contribution is -1.99. The Kier molecular flexibility index (Phi) is 5.35. The first-order valence-corrected chi connectivity index (χ1v) is 15.8. The summed E-state index contributed by atoms with van der Waals surface area (Å²) in [5, 5.41) is 28.4. The fraction of sp³-hybridized carbons (Fsp3) is 0. The maximum absolute atomic E-state index is 9.62. The molecule has 0 unspecified atom stereocenters. The van der Waals surface area contributed by atoms with Gasteiger partial charge in [0.15, 0.2) is 0 Å². The summed E-state index contributed by atoms with van der Waals surface area (Å²) in [5.74, 6) is 0.874. The van der Waals surface area contributed by atoms with Crippen molar-refractivity contribution < 1.29 is 0 Å². The van der Waals surface area contributed by atoms with E-state index < -0.39 is 0 Å². The second-order valence-corrected chi connectivity index (χ2v) is 12.2. The number of fused-ring (bicyclic) bond motifs is 6. The van der Waals surface area contributed by atoms with Gasteiger partial charge in [0, 0.05) is 38.5 Å². The van der Waals surface area contributed by atoms with Gasteiger partial charge in [-0.15, -0.1) is 0 Å². The summed E-state index contributed by atoms with van der Waals surface area (Å²) in [6.45, 7) is 0. The molecule has 0 saturated heterocycles. The molecule has 0 aliphatic heterocycles. The number of nitriles is 2. The summed E-state index contributed by atoms with van der Waals surface area (Å²) in [7, 11) is 0. The van der Waals surface area contributed by atoms with Gasteiger partial charge in [-0.25, -0.2) is 4.98 Å². The fourth-order valence-electron chi connectivity index (χ4n) is 7.63. The molecular weight excluding hydrogens is 587 g/mol. The van der Waals surface area contributed by atoms with Crippen LogP contribution in [-0.4, -0.2) is 14.1 Å². The molecule has 10 rings (SSSR count). The second kappa shape index (κ2) is 9.77. The van der Waals surface area contributed by atoms with Gasteiger partial charge >= 0.3 is 0 Å². The molecule has 0 fully saturated rings. The quantitative estimate of drug-likeness (QED) is 0.187. The number of rotatable bonds is 3. The van der Waals surface area contributed by atoms with Crippen LogP contribution in [0.4, 0.5) is 0 Å². The van der Waals surface area contributed by atoms with Crippen molar-refractivity contribution >= 4 is 65.2 Å². The summed E-state index contributed by atoms with van der Waals surface area (Å²) in [6, 6.07) is 52.5. The van der Waals surface area contributed by atoms with Gasteiger partial charge in [0.25, 0.3) is 0 Å². The molecule has 10 aromatic rings. The first-order chi connectivity index (χ1) is 23.7. The first kappa shape index (κ1) is 26.3. The summed E-state index contributed by atoms with van der Waals surface area (Å²) in [6.07, 6.45) is 0. The molecule has 2 heterocycles. The highest BCUT2D eigenvalue weighted by molar-refractivity contribution is 6.32. The number of benzene rings is 8. The summed E-state index contributed by atoms with van der Waals surface area (Å²) in [5.41, 5.74) is 8.25.